The van der Waals surface area contributed by atoms with Crippen LogP contribution in [0.1, 0.15) is 28.6 Å². The molecule has 0 unspecified atom stereocenters. The van der Waals surface area contributed by atoms with Gasteiger partial charge in [0.05, 0.1) is 0 Å². The maximum Gasteiger partial charge on any atom is 0.291 e. The van der Waals surface area contributed by atoms with Crippen molar-refractivity contribution < 1.29 is 4.79 Å². The fourth-order valence-electron chi connectivity index (χ4n) is 1.97. The van der Waals surface area contributed by atoms with Crippen molar-refractivity contribution in [2.75, 3.05) is 6.54 Å². The van der Waals surface area contributed by atoms with Crippen LogP contribution in [0.5, 0.6) is 0 Å². The van der Waals surface area contributed by atoms with E-state index in [1.807, 2.05) is 13.0 Å². The Balaban J connectivity index is 1.58. The number of imidazole rings is 1. The maximum atomic E-state index is 12.0. The number of carbonyl (C=O) groups excluding carboxylic acids is 1. The van der Waals surface area contributed by atoms with Crippen LogP contribution in [0, 0.1) is 6.92 Å². The van der Waals surface area contributed by atoms with E-state index in [1.54, 1.807) is 23.1 Å². The van der Waals surface area contributed by atoms with Crippen molar-refractivity contribution >= 4 is 11.7 Å². The Kier molecular flexibility index (Phi) is 3.59. The van der Waals surface area contributed by atoms with Crippen LogP contribution in [0.3, 0.4) is 0 Å². The predicted octanol–water partition coefficient (Wildman–Crippen LogP) is 0.518. The lowest BCUT2D eigenvalue weighted by atomic mass is 10.3. The van der Waals surface area contributed by atoms with Crippen LogP contribution < -0.4 is 5.32 Å². The molecule has 0 saturated carbocycles. The van der Waals surface area contributed by atoms with Gasteiger partial charge >= 0.3 is 0 Å². The van der Waals surface area contributed by atoms with Gasteiger partial charge < -0.3 is 10.3 Å². The minimum atomic E-state index is -0.292. The first-order chi connectivity index (χ1) is 10.2. The molecule has 3 heterocycles. The maximum absolute atomic E-state index is 12.0. The minimum Gasteiger partial charge on any atom is -0.349 e. The van der Waals surface area contributed by atoms with E-state index in [-0.39, 0.29) is 11.7 Å². The lowest BCUT2D eigenvalue weighted by Gasteiger charge is -2.00. The zero-order chi connectivity index (χ0) is 14.7. The van der Waals surface area contributed by atoms with E-state index in [2.05, 4.69) is 30.4 Å². The van der Waals surface area contributed by atoms with Crippen LogP contribution in [0.4, 0.5) is 0 Å². The molecule has 3 rings (SSSR count). The van der Waals surface area contributed by atoms with Crippen molar-refractivity contribution in [3.05, 3.63) is 42.0 Å². The van der Waals surface area contributed by atoms with Gasteiger partial charge in [-0.15, -0.1) is 5.10 Å². The number of carbonyl (C=O) groups is 1. The van der Waals surface area contributed by atoms with Crippen molar-refractivity contribution in [2.45, 2.75) is 19.8 Å². The fraction of sp³-hybridized carbons (Fsp3) is 0.308. The first kappa shape index (κ1) is 13.2. The summed E-state index contributed by atoms with van der Waals surface area (Å²) in [4.78, 5) is 27.3. The third-order valence-corrected chi connectivity index (χ3v) is 3.06. The second-order valence-electron chi connectivity index (χ2n) is 4.63. The van der Waals surface area contributed by atoms with Crippen molar-refractivity contribution in [2.24, 2.45) is 0 Å². The third-order valence-electron chi connectivity index (χ3n) is 3.06. The van der Waals surface area contributed by atoms with Gasteiger partial charge in [-0.2, -0.15) is 4.98 Å². The summed E-state index contributed by atoms with van der Waals surface area (Å²) in [5, 5.41) is 6.95. The van der Waals surface area contributed by atoms with E-state index in [9.17, 15) is 4.79 Å². The summed E-state index contributed by atoms with van der Waals surface area (Å²) in [7, 11) is 0. The number of nitrogens with zero attached hydrogens (tertiary/aromatic N) is 5. The van der Waals surface area contributed by atoms with Gasteiger partial charge in [0.1, 0.15) is 5.82 Å². The molecule has 3 aromatic rings. The molecule has 0 spiro atoms. The molecule has 0 atom stereocenters. The Hall–Kier alpha value is -2.77. The fourth-order valence-corrected chi connectivity index (χ4v) is 1.97. The molecule has 0 aromatic carbocycles. The van der Waals surface area contributed by atoms with E-state index >= 15 is 0 Å². The zero-order valence-electron chi connectivity index (χ0n) is 11.6. The van der Waals surface area contributed by atoms with E-state index in [1.165, 1.54) is 0 Å². The van der Waals surface area contributed by atoms with Gasteiger partial charge in [0.25, 0.3) is 11.7 Å². The van der Waals surface area contributed by atoms with Gasteiger partial charge in [-0.25, -0.2) is 14.5 Å². The Morgan fingerprint density at radius 3 is 3.05 bits per heavy atom. The SMILES string of the molecule is Cc1ccnc2nc(C(=O)NCCCc3ncc[nH]3)nn12. The molecule has 0 saturated heterocycles. The molecule has 108 valence electrons. The molecule has 0 bridgehead atoms. The number of hydrogen-bond donors (Lipinski definition) is 2. The van der Waals surface area contributed by atoms with Crippen LogP contribution in [-0.2, 0) is 6.42 Å². The molecule has 0 aliphatic heterocycles. The summed E-state index contributed by atoms with van der Waals surface area (Å²) in [6.07, 6.45) is 6.72. The Bertz CT molecular complexity index is 747. The van der Waals surface area contributed by atoms with Crippen LogP contribution in [0.15, 0.2) is 24.7 Å². The largest absolute Gasteiger partial charge is 0.349 e. The highest BCUT2D eigenvalue weighted by Gasteiger charge is 2.13. The van der Waals surface area contributed by atoms with Crippen LogP contribution >= 0.6 is 0 Å². The minimum absolute atomic E-state index is 0.134. The average molecular weight is 285 g/mol. The van der Waals surface area contributed by atoms with Crippen molar-refractivity contribution in [3.63, 3.8) is 0 Å². The molecule has 8 nitrogen and oxygen atoms in total. The van der Waals surface area contributed by atoms with E-state index < -0.39 is 0 Å². The first-order valence-corrected chi connectivity index (χ1v) is 6.69. The standard InChI is InChI=1S/C13H15N7O/c1-9-4-6-17-13-18-11(19-20(9)13)12(21)16-5-2-3-10-14-7-8-15-10/h4,6-8H,2-3,5H2,1H3,(H,14,15)(H,16,21). The summed E-state index contributed by atoms with van der Waals surface area (Å²) in [5.74, 6) is 1.18. The average Bonchev–Trinajstić information content (AvgIpc) is 3.13. The molecule has 0 radical (unpaired) electrons. The van der Waals surface area contributed by atoms with Gasteiger partial charge in [-0.05, 0) is 19.4 Å². The number of fused-ring (bicyclic) bond motifs is 1. The van der Waals surface area contributed by atoms with Crippen molar-refractivity contribution in [1.82, 2.24) is 34.9 Å². The van der Waals surface area contributed by atoms with E-state index in [4.69, 9.17) is 0 Å². The highest BCUT2D eigenvalue weighted by atomic mass is 16.2. The van der Waals surface area contributed by atoms with E-state index in [0.29, 0.717) is 12.3 Å². The summed E-state index contributed by atoms with van der Waals surface area (Å²) in [5.41, 5.74) is 0.879. The van der Waals surface area contributed by atoms with Crippen LogP contribution in [0.25, 0.3) is 5.78 Å². The van der Waals surface area contributed by atoms with Gasteiger partial charge in [0.2, 0.25) is 5.82 Å². The molecular formula is C13H15N7O. The Morgan fingerprint density at radius 2 is 2.29 bits per heavy atom. The molecule has 3 aromatic heterocycles. The number of aromatic amines is 1. The molecule has 2 N–H and O–H groups in total. The molecule has 1 amide bonds. The number of nitrogens with one attached hydrogen (secondary N) is 2. The topological polar surface area (TPSA) is 101 Å². The molecule has 0 aliphatic rings. The molecule has 21 heavy (non-hydrogen) atoms. The number of H-pyrrole nitrogens is 1. The number of aromatic nitrogens is 6. The Morgan fingerprint density at radius 1 is 1.38 bits per heavy atom. The van der Waals surface area contributed by atoms with Gasteiger partial charge in [0, 0.05) is 37.3 Å². The second-order valence-corrected chi connectivity index (χ2v) is 4.63. The summed E-state index contributed by atoms with van der Waals surface area (Å²) < 4.78 is 1.55. The molecule has 8 heteroatoms. The van der Waals surface area contributed by atoms with Crippen LogP contribution in [0.2, 0.25) is 0 Å². The molecule has 0 aliphatic carbocycles. The van der Waals surface area contributed by atoms with E-state index in [0.717, 1.165) is 24.4 Å². The molecular weight excluding hydrogens is 270 g/mol. The van der Waals surface area contributed by atoms with Crippen molar-refractivity contribution in [3.8, 4) is 0 Å². The predicted molar refractivity (Wildman–Crippen MR) is 74.8 cm³/mol. The monoisotopic (exact) mass is 285 g/mol. The summed E-state index contributed by atoms with van der Waals surface area (Å²) in [6.45, 7) is 2.43. The highest BCUT2D eigenvalue weighted by Crippen LogP contribution is 2.02. The lowest BCUT2D eigenvalue weighted by Crippen LogP contribution is -2.26. The third kappa shape index (κ3) is 2.88. The quantitative estimate of drug-likeness (QED) is 0.665. The molecule has 0 fully saturated rings. The number of amides is 1. The van der Waals surface area contributed by atoms with Crippen molar-refractivity contribution in [1.29, 1.82) is 0 Å². The zero-order valence-corrected chi connectivity index (χ0v) is 11.6. The Labute approximate surface area is 120 Å². The summed E-state index contributed by atoms with van der Waals surface area (Å²) >= 11 is 0. The number of hydrogen-bond acceptors (Lipinski definition) is 5. The highest BCUT2D eigenvalue weighted by molar-refractivity contribution is 5.90. The first-order valence-electron chi connectivity index (χ1n) is 6.69. The summed E-state index contributed by atoms with van der Waals surface area (Å²) in [6, 6.07) is 1.81. The number of aryl methyl sites for hydroxylation is 2. The lowest BCUT2D eigenvalue weighted by molar-refractivity contribution is 0.0943. The van der Waals surface area contributed by atoms with Gasteiger partial charge in [-0.1, -0.05) is 0 Å². The van der Waals surface area contributed by atoms with Gasteiger partial charge in [0.15, 0.2) is 0 Å². The van der Waals surface area contributed by atoms with Gasteiger partial charge in [-0.3, -0.25) is 4.79 Å². The van der Waals surface area contributed by atoms with Crippen LogP contribution in [-0.4, -0.2) is 42.0 Å². The second kappa shape index (κ2) is 5.70. The smallest absolute Gasteiger partial charge is 0.291 e. The number of rotatable bonds is 5. The normalized spacial score (nSPS) is 10.9.